The normalized spacial score (nSPS) is 23.6. The number of likely N-dealkylation sites (tertiary alicyclic amines) is 1. The van der Waals surface area contributed by atoms with Crippen LogP contribution in [0.1, 0.15) is 35.9 Å². The molecule has 1 aliphatic rings. The van der Waals surface area contributed by atoms with E-state index in [-0.39, 0.29) is 5.54 Å². The lowest BCUT2D eigenvalue weighted by atomic mass is 9.98. The first-order chi connectivity index (χ1) is 9.41. The molecule has 2 aromatic rings. The van der Waals surface area contributed by atoms with Gasteiger partial charge < -0.3 is 10.7 Å². The summed E-state index contributed by atoms with van der Waals surface area (Å²) >= 11 is 6.03. The lowest BCUT2D eigenvalue weighted by Crippen LogP contribution is -2.36. The van der Waals surface area contributed by atoms with Crippen LogP contribution < -0.4 is 5.73 Å². The van der Waals surface area contributed by atoms with Crippen molar-refractivity contribution in [2.24, 2.45) is 5.73 Å². The third-order valence-electron chi connectivity index (χ3n) is 4.33. The molecule has 0 radical (unpaired) electrons. The molecule has 0 spiro atoms. The molecule has 3 rings (SSSR count). The Bertz CT molecular complexity index is 696. The standard InChI is InChI=1S/C14H17ClN4O/c1-14(4-3-5-19(14)2)13-17-10-7-8(15)6-9(12(16)20)11(10)18-13/h6-7H,3-5H2,1-2H3,(H2,16,20)(H,17,18). The van der Waals surface area contributed by atoms with E-state index in [0.717, 1.165) is 30.7 Å². The van der Waals surface area contributed by atoms with Gasteiger partial charge >= 0.3 is 0 Å². The van der Waals surface area contributed by atoms with E-state index in [0.29, 0.717) is 16.1 Å². The number of rotatable bonds is 2. The summed E-state index contributed by atoms with van der Waals surface area (Å²) < 4.78 is 0. The molecule has 1 amide bonds. The number of fused-ring (bicyclic) bond motifs is 1. The highest BCUT2D eigenvalue weighted by molar-refractivity contribution is 6.32. The first kappa shape index (κ1) is 13.4. The number of aromatic amines is 1. The van der Waals surface area contributed by atoms with Gasteiger partial charge in [-0.05, 0) is 45.5 Å². The van der Waals surface area contributed by atoms with E-state index in [1.54, 1.807) is 12.1 Å². The van der Waals surface area contributed by atoms with E-state index < -0.39 is 5.91 Å². The van der Waals surface area contributed by atoms with Crippen molar-refractivity contribution in [2.45, 2.75) is 25.3 Å². The number of nitrogens with zero attached hydrogens (tertiary/aromatic N) is 2. The molecular weight excluding hydrogens is 276 g/mol. The third kappa shape index (κ3) is 1.89. The molecule has 1 atom stereocenters. The molecule has 2 heterocycles. The molecular formula is C14H17ClN4O. The Morgan fingerprint density at radius 3 is 2.90 bits per heavy atom. The van der Waals surface area contributed by atoms with E-state index in [1.807, 2.05) is 0 Å². The molecule has 3 N–H and O–H groups in total. The smallest absolute Gasteiger partial charge is 0.251 e. The van der Waals surface area contributed by atoms with Crippen LogP contribution in [0.25, 0.3) is 11.0 Å². The zero-order chi connectivity index (χ0) is 14.5. The summed E-state index contributed by atoms with van der Waals surface area (Å²) in [6.45, 7) is 3.19. The predicted molar refractivity (Wildman–Crippen MR) is 78.8 cm³/mol. The maximum atomic E-state index is 11.5. The number of primary amides is 1. The number of amides is 1. The number of hydrogen-bond donors (Lipinski definition) is 2. The summed E-state index contributed by atoms with van der Waals surface area (Å²) in [7, 11) is 2.09. The number of hydrogen-bond acceptors (Lipinski definition) is 3. The Balaban J connectivity index is 2.20. The molecule has 1 fully saturated rings. The number of halogens is 1. The molecule has 1 aromatic heterocycles. The highest BCUT2D eigenvalue weighted by Crippen LogP contribution is 2.37. The summed E-state index contributed by atoms with van der Waals surface area (Å²) in [6, 6.07) is 3.34. The number of nitrogens with one attached hydrogen (secondary N) is 1. The van der Waals surface area contributed by atoms with Gasteiger partial charge in [0.15, 0.2) is 0 Å². The number of carbonyl (C=O) groups excluding carboxylic acids is 1. The van der Waals surface area contributed by atoms with Gasteiger partial charge in [0.2, 0.25) is 0 Å². The number of carbonyl (C=O) groups is 1. The summed E-state index contributed by atoms with van der Waals surface area (Å²) in [5.41, 5.74) is 6.98. The minimum absolute atomic E-state index is 0.138. The monoisotopic (exact) mass is 292 g/mol. The van der Waals surface area contributed by atoms with E-state index in [4.69, 9.17) is 17.3 Å². The first-order valence-corrected chi connectivity index (χ1v) is 7.00. The van der Waals surface area contributed by atoms with Crippen molar-refractivity contribution in [3.05, 3.63) is 28.5 Å². The first-order valence-electron chi connectivity index (χ1n) is 6.62. The number of nitrogens with two attached hydrogens (primary N) is 1. The van der Waals surface area contributed by atoms with Crippen LogP contribution >= 0.6 is 11.6 Å². The fourth-order valence-corrected chi connectivity index (χ4v) is 3.14. The molecule has 0 saturated carbocycles. The van der Waals surface area contributed by atoms with Crippen LogP contribution in [0.3, 0.4) is 0 Å². The van der Waals surface area contributed by atoms with Crippen LogP contribution in [0.2, 0.25) is 5.02 Å². The van der Waals surface area contributed by atoms with E-state index in [1.165, 1.54) is 0 Å². The lowest BCUT2D eigenvalue weighted by molar-refractivity contribution is 0.100. The lowest BCUT2D eigenvalue weighted by Gasteiger charge is -2.29. The average Bonchev–Trinajstić information content (AvgIpc) is 2.94. The van der Waals surface area contributed by atoms with Crippen LogP contribution in [0.5, 0.6) is 0 Å². The molecule has 20 heavy (non-hydrogen) atoms. The van der Waals surface area contributed by atoms with Crippen molar-refractivity contribution in [3.8, 4) is 0 Å². The van der Waals surface area contributed by atoms with Crippen LogP contribution in [-0.2, 0) is 5.54 Å². The second-order valence-electron chi connectivity index (χ2n) is 5.60. The van der Waals surface area contributed by atoms with Crippen molar-refractivity contribution < 1.29 is 4.79 Å². The summed E-state index contributed by atoms with van der Waals surface area (Å²) in [4.78, 5) is 21.7. The second-order valence-corrected chi connectivity index (χ2v) is 6.03. The fourth-order valence-electron chi connectivity index (χ4n) is 2.92. The van der Waals surface area contributed by atoms with Crippen molar-refractivity contribution in [1.29, 1.82) is 0 Å². The van der Waals surface area contributed by atoms with Crippen molar-refractivity contribution in [2.75, 3.05) is 13.6 Å². The summed E-state index contributed by atoms with van der Waals surface area (Å²) in [5.74, 6) is 0.345. The molecule has 1 aromatic carbocycles. The SMILES string of the molecule is CN1CCCC1(C)c1nc2c(C(N)=O)cc(Cl)cc2[nH]1. The molecule has 0 aliphatic carbocycles. The predicted octanol–water partition coefficient (Wildman–Crippen LogP) is 2.26. The Kier molecular flexibility index (Phi) is 2.99. The molecule has 106 valence electrons. The summed E-state index contributed by atoms with van der Waals surface area (Å²) in [5, 5.41) is 0.478. The Labute approximate surface area is 122 Å². The topological polar surface area (TPSA) is 75.0 Å². The van der Waals surface area contributed by atoms with Gasteiger partial charge in [0.1, 0.15) is 11.3 Å². The van der Waals surface area contributed by atoms with Crippen LogP contribution in [0.15, 0.2) is 12.1 Å². The fraction of sp³-hybridized carbons (Fsp3) is 0.429. The van der Waals surface area contributed by atoms with Gasteiger partial charge in [-0.25, -0.2) is 4.98 Å². The van der Waals surface area contributed by atoms with Gasteiger partial charge in [-0.1, -0.05) is 11.6 Å². The molecule has 6 heteroatoms. The van der Waals surface area contributed by atoms with Gasteiger partial charge in [-0.2, -0.15) is 0 Å². The van der Waals surface area contributed by atoms with Gasteiger partial charge in [0.05, 0.1) is 16.6 Å². The van der Waals surface area contributed by atoms with Crippen LogP contribution in [0.4, 0.5) is 0 Å². The van der Waals surface area contributed by atoms with Crippen molar-refractivity contribution in [3.63, 3.8) is 0 Å². The van der Waals surface area contributed by atoms with Crippen LogP contribution in [-0.4, -0.2) is 34.4 Å². The highest BCUT2D eigenvalue weighted by atomic mass is 35.5. The Morgan fingerprint density at radius 1 is 1.55 bits per heavy atom. The van der Waals surface area contributed by atoms with Gasteiger partial charge in [0, 0.05) is 5.02 Å². The third-order valence-corrected chi connectivity index (χ3v) is 4.54. The molecule has 1 aliphatic heterocycles. The van der Waals surface area contributed by atoms with Crippen LogP contribution in [0, 0.1) is 0 Å². The molecule has 1 unspecified atom stereocenters. The number of aromatic nitrogens is 2. The molecule has 0 bridgehead atoms. The Morgan fingerprint density at radius 2 is 2.30 bits per heavy atom. The summed E-state index contributed by atoms with van der Waals surface area (Å²) in [6.07, 6.45) is 2.16. The Hall–Kier alpha value is -1.59. The van der Waals surface area contributed by atoms with Crippen molar-refractivity contribution in [1.82, 2.24) is 14.9 Å². The maximum absolute atomic E-state index is 11.5. The molecule has 1 saturated heterocycles. The minimum atomic E-state index is -0.513. The van der Waals surface area contributed by atoms with E-state index in [9.17, 15) is 4.79 Å². The van der Waals surface area contributed by atoms with Gasteiger partial charge in [0.25, 0.3) is 5.91 Å². The highest BCUT2D eigenvalue weighted by Gasteiger charge is 2.38. The molecule has 5 nitrogen and oxygen atoms in total. The zero-order valence-electron chi connectivity index (χ0n) is 11.5. The number of imidazole rings is 1. The largest absolute Gasteiger partial charge is 0.366 e. The zero-order valence-corrected chi connectivity index (χ0v) is 12.3. The average molecular weight is 293 g/mol. The quantitative estimate of drug-likeness (QED) is 0.891. The van der Waals surface area contributed by atoms with E-state index >= 15 is 0 Å². The number of H-pyrrole nitrogens is 1. The maximum Gasteiger partial charge on any atom is 0.251 e. The second kappa shape index (κ2) is 4.46. The number of benzene rings is 1. The van der Waals surface area contributed by atoms with E-state index in [2.05, 4.69) is 28.8 Å². The van der Waals surface area contributed by atoms with Crippen molar-refractivity contribution >= 4 is 28.5 Å². The minimum Gasteiger partial charge on any atom is -0.366 e. The van der Waals surface area contributed by atoms with Gasteiger partial charge in [-0.3, -0.25) is 9.69 Å². The van der Waals surface area contributed by atoms with Gasteiger partial charge in [-0.15, -0.1) is 0 Å².